The van der Waals surface area contributed by atoms with Gasteiger partial charge in [-0.1, -0.05) is 12.1 Å². The molecular weight excluding hydrogens is 448 g/mol. The molecular formula is C23H27F2N5O4. The molecule has 4 N–H and O–H groups in total. The molecule has 34 heavy (non-hydrogen) atoms. The van der Waals surface area contributed by atoms with E-state index in [1.54, 1.807) is 19.1 Å². The van der Waals surface area contributed by atoms with E-state index < -0.39 is 23.4 Å². The van der Waals surface area contributed by atoms with Crippen LogP contribution < -0.4 is 16.4 Å². The molecule has 9 nitrogen and oxygen atoms in total. The SMILES string of the molecule is Cc1ccc(CN2CCC(CNC(=O)CNC(=O)c3cc(F)c(F)cc3N)CC2)cc1[N+](=O)[O-]. The Hall–Kier alpha value is -3.60. The zero-order valence-electron chi connectivity index (χ0n) is 18.8. The van der Waals surface area contributed by atoms with Crippen LogP contribution in [-0.2, 0) is 11.3 Å². The molecule has 3 rings (SSSR count). The Morgan fingerprint density at radius 1 is 1.15 bits per heavy atom. The van der Waals surface area contributed by atoms with Crippen LogP contribution in [-0.4, -0.2) is 47.8 Å². The third-order valence-corrected chi connectivity index (χ3v) is 5.92. The number of halogens is 2. The number of hydrogen-bond donors (Lipinski definition) is 3. The quantitative estimate of drug-likeness (QED) is 0.306. The number of piperidine rings is 1. The monoisotopic (exact) mass is 475 g/mol. The zero-order valence-corrected chi connectivity index (χ0v) is 18.8. The number of aryl methyl sites for hydroxylation is 1. The van der Waals surface area contributed by atoms with Gasteiger partial charge in [0.2, 0.25) is 5.91 Å². The van der Waals surface area contributed by atoms with Gasteiger partial charge in [-0.3, -0.25) is 24.6 Å². The molecule has 2 aromatic rings. The van der Waals surface area contributed by atoms with Gasteiger partial charge in [0.05, 0.1) is 17.0 Å². The summed E-state index contributed by atoms with van der Waals surface area (Å²) in [6.45, 7) is 4.07. The standard InChI is InChI=1S/C23H27F2N5O4/c1-14-2-3-16(8-21(14)30(33)34)13-29-6-4-15(5-7-29)11-27-22(31)12-28-23(32)17-9-18(24)19(25)10-20(17)26/h2-3,8-10,15H,4-7,11-13,26H2,1H3,(H,27,31)(H,28,32). The summed E-state index contributed by atoms with van der Waals surface area (Å²) in [5.41, 5.74) is 6.72. The van der Waals surface area contributed by atoms with E-state index in [-0.39, 0.29) is 34.3 Å². The third kappa shape index (κ3) is 6.47. The third-order valence-electron chi connectivity index (χ3n) is 5.92. The predicted octanol–water partition coefficient (Wildman–Crippen LogP) is 2.52. The van der Waals surface area contributed by atoms with Crippen LogP contribution in [0.15, 0.2) is 30.3 Å². The number of carbonyl (C=O) groups is 2. The number of anilines is 1. The van der Waals surface area contributed by atoms with Crippen molar-refractivity contribution in [3.63, 3.8) is 0 Å². The Bertz CT molecular complexity index is 1090. The van der Waals surface area contributed by atoms with Gasteiger partial charge in [0.15, 0.2) is 11.6 Å². The van der Waals surface area contributed by atoms with E-state index in [9.17, 15) is 28.5 Å². The second-order valence-electron chi connectivity index (χ2n) is 8.44. The first-order valence-electron chi connectivity index (χ1n) is 10.9. The zero-order chi connectivity index (χ0) is 24.8. The number of likely N-dealkylation sites (tertiary alicyclic amines) is 1. The van der Waals surface area contributed by atoms with Crippen molar-refractivity contribution in [3.8, 4) is 0 Å². The predicted molar refractivity (Wildman–Crippen MR) is 122 cm³/mol. The van der Waals surface area contributed by atoms with Crippen LogP contribution in [0.25, 0.3) is 0 Å². The number of nitrogen functional groups attached to an aromatic ring is 1. The fourth-order valence-electron chi connectivity index (χ4n) is 3.89. The van der Waals surface area contributed by atoms with Crippen LogP contribution in [0.5, 0.6) is 0 Å². The first-order chi connectivity index (χ1) is 16.1. The summed E-state index contributed by atoms with van der Waals surface area (Å²) in [6.07, 6.45) is 1.71. The molecule has 1 heterocycles. The van der Waals surface area contributed by atoms with E-state index >= 15 is 0 Å². The summed E-state index contributed by atoms with van der Waals surface area (Å²) in [5, 5.41) is 16.3. The minimum absolute atomic E-state index is 0.120. The minimum atomic E-state index is -1.20. The normalized spacial score (nSPS) is 14.6. The lowest BCUT2D eigenvalue weighted by Crippen LogP contribution is -2.41. The van der Waals surface area contributed by atoms with Gasteiger partial charge in [0, 0.05) is 36.5 Å². The van der Waals surface area contributed by atoms with E-state index in [0.717, 1.165) is 37.6 Å². The van der Waals surface area contributed by atoms with Crippen molar-refractivity contribution in [1.82, 2.24) is 15.5 Å². The molecule has 0 aliphatic carbocycles. The van der Waals surface area contributed by atoms with E-state index in [0.29, 0.717) is 24.7 Å². The fraction of sp³-hybridized carbons (Fsp3) is 0.391. The molecule has 0 saturated carbocycles. The number of nitro groups is 1. The molecule has 1 saturated heterocycles. The van der Waals surface area contributed by atoms with Gasteiger partial charge in [0.1, 0.15) is 0 Å². The number of rotatable bonds is 8. The van der Waals surface area contributed by atoms with Gasteiger partial charge >= 0.3 is 0 Å². The molecule has 1 aliphatic rings. The number of nitro benzene ring substituents is 1. The molecule has 2 aromatic carbocycles. The van der Waals surface area contributed by atoms with Crippen molar-refractivity contribution in [2.45, 2.75) is 26.3 Å². The van der Waals surface area contributed by atoms with Crippen molar-refractivity contribution >= 4 is 23.2 Å². The van der Waals surface area contributed by atoms with Gasteiger partial charge in [-0.2, -0.15) is 0 Å². The van der Waals surface area contributed by atoms with Crippen LogP contribution in [0.4, 0.5) is 20.2 Å². The number of carbonyl (C=O) groups excluding carboxylic acids is 2. The Labute approximate surface area is 195 Å². The topological polar surface area (TPSA) is 131 Å². The Morgan fingerprint density at radius 2 is 1.82 bits per heavy atom. The maximum absolute atomic E-state index is 13.3. The van der Waals surface area contributed by atoms with Crippen molar-refractivity contribution in [2.24, 2.45) is 5.92 Å². The van der Waals surface area contributed by atoms with E-state index in [1.165, 1.54) is 0 Å². The molecule has 1 fully saturated rings. The highest BCUT2D eigenvalue weighted by Gasteiger charge is 2.21. The fourth-order valence-corrected chi connectivity index (χ4v) is 3.89. The Morgan fingerprint density at radius 3 is 2.50 bits per heavy atom. The van der Waals surface area contributed by atoms with Crippen LogP contribution in [0.2, 0.25) is 0 Å². The molecule has 0 bridgehead atoms. The minimum Gasteiger partial charge on any atom is -0.398 e. The summed E-state index contributed by atoms with van der Waals surface area (Å²) in [6, 6.07) is 6.69. The summed E-state index contributed by atoms with van der Waals surface area (Å²) >= 11 is 0. The molecule has 11 heteroatoms. The number of hydrogen-bond acceptors (Lipinski definition) is 6. The average Bonchev–Trinajstić information content (AvgIpc) is 2.80. The van der Waals surface area contributed by atoms with Crippen molar-refractivity contribution < 1.29 is 23.3 Å². The van der Waals surface area contributed by atoms with Crippen molar-refractivity contribution in [3.05, 3.63) is 68.8 Å². The number of nitrogens with one attached hydrogen (secondary N) is 2. The van der Waals surface area contributed by atoms with Crippen LogP contribution in [0.1, 0.15) is 34.3 Å². The van der Waals surface area contributed by atoms with Crippen molar-refractivity contribution in [1.29, 1.82) is 0 Å². The maximum atomic E-state index is 13.3. The molecule has 182 valence electrons. The molecule has 2 amide bonds. The highest BCUT2D eigenvalue weighted by Crippen LogP contribution is 2.23. The lowest BCUT2D eigenvalue weighted by Gasteiger charge is -2.32. The van der Waals surface area contributed by atoms with Gasteiger partial charge in [-0.15, -0.1) is 0 Å². The van der Waals surface area contributed by atoms with Crippen molar-refractivity contribution in [2.75, 3.05) is 31.9 Å². The first-order valence-corrected chi connectivity index (χ1v) is 10.9. The summed E-state index contributed by atoms with van der Waals surface area (Å²) in [5.74, 6) is -3.25. The molecule has 0 unspecified atom stereocenters. The van der Waals surface area contributed by atoms with Gasteiger partial charge < -0.3 is 16.4 Å². The number of nitrogens with two attached hydrogens (primary N) is 1. The molecule has 0 aromatic heterocycles. The second-order valence-corrected chi connectivity index (χ2v) is 8.44. The van der Waals surface area contributed by atoms with Crippen LogP contribution in [0.3, 0.4) is 0 Å². The number of nitrogens with zero attached hydrogens (tertiary/aromatic N) is 2. The average molecular weight is 475 g/mol. The molecule has 0 spiro atoms. The number of benzene rings is 2. The largest absolute Gasteiger partial charge is 0.398 e. The summed E-state index contributed by atoms with van der Waals surface area (Å²) in [4.78, 5) is 37.2. The lowest BCUT2D eigenvalue weighted by molar-refractivity contribution is -0.385. The first kappa shape index (κ1) is 25.0. The Kier molecular flexibility index (Phi) is 8.11. The molecule has 0 atom stereocenters. The Balaban J connectivity index is 1.39. The van der Waals surface area contributed by atoms with Crippen LogP contribution in [0, 0.1) is 34.6 Å². The van der Waals surface area contributed by atoms with Gasteiger partial charge in [-0.25, -0.2) is 8.78 Å². The van der Waals surface area contributed by atoms with Crippen LogP contribution >= 0.6 is 0 Å². The van der Waals surface area contributed by atoms with Gasteiger partial charge in [-0.05, 0) is 50.4 Å². The van der Waals surface area contributed by atoms with E-state index in [4.69, 9.17) is 5.73 Å². The van der Waals surface area contributed by atoms with E-state index in [2.05, 4.69) is 15.5 Å². The maximum Gasteiger partial charge on any atom is 0.272 e. The number of amides is 2. The van der Waals surface area contributed by atoms with Gasteiger partial charge in [0.25, 0.3) is 11.6 Å². The molecule has 1 aliphatic heterocycles. The smallest absolute Gasteiger partial charge is 0.272 e. The lowest BCUT2D eigenvalue weighted by atomic mass is 9.96. The summed E-state index contributed by atoms with van der Waals surface area (Å²) in [7, 11) is 0. The highest BCUT2D eigenvalue weighted by molar-refractivity contribution is 6.00. The highest BCUT2D eigenvalue weighted by atomic mass is 19.2. The second kappa shape index (κ2) is 11.0. The van der Waals surface area contributed by atoms with E-state index in [1.807, 2.05) is 6.07 Å². The molecule has 0 radical (unpaired) electrons. The summed E-state index contributed by atoms with van der Waals surface area (Å²) < 4.78 is 26.5.